The van der Waals surface area contributed by atoms with Crippen molar-refractivity contribution in [1.82, 2.24) is 19.9 Å². The molecule has 5 nitrogen and oxygen atoms in total. The zero-order chi connectivity index (χ0) is 11.7. The van der Waals surface area contributed by atoms with Gasteiger partial charge in [-0.2, -0.15) is 0 Å². The SMILES string of the molecule is Cc1nccc(-c2nc(C)c(Br)c(N)n2)n1. The maximum Gasteiger partial charge on any atom is 0.180 e. The highest BCUT2D eigenvalue weighted by Gasteiger charge is 2.09. The molecule has 0 aliphatic rings. The molecular weight excluding hydrogens is 270 g/mol. The molecule has 2 N–H and O–H groups in total. The molecule has 0 aromatic carbocycles. The van der Waals surface area contributed by atoms with Gasteiger partial charge in [0, 0.05) is 6.20 Å². The van der Waals surface area contributed by atoms with Crippen molar-refractivity contribution in [2.45, 2.75) is 13.8 Å². The van der Waals surface area contributed by atoms with Gasteiger partial charge in [0.2, 0.25) is 0 Å². The third kappa shape index (κ3) is 2.01. The lowest BCUT2D eigenvalue weighted by Crippen LogP contribution is -2.01. The van der Waals surface area contributed by atoms with Crippen molar-refractivity contribution in [3.63, 3.8) is 0 Å². The molecular formula is C10H10BrN5. The zero-order valence-electron chi connectivity index (χ0n) is 8.90. The van der Waals surface area contributed by atoms with Gasteiger partial charge in [0.25, 0.3) is 0 Å². The van der Waals surface area contributed by atoms with Gasteiger partial charge in [-0.3, -0.25) is 0 Å². The number of aryl methyl sites for hydroxylation is 2. The molecule has 0 spiro atoms. The van der Waals surface area contributed by atoms with E-state index in [1.165, 1.54) is 0 Å². The van der Waals surface area contributed by atoms with Crippen molar-refractivity contribution in [2.24, 2.45) is 0 Å². The number of halogens is 1. The predicted molar refractivity (Wildman–Crippen MR) is 64.6 cm³/mol. The number of hydrogen-bond donors (Lipinski definition) is 1. The molecule has 0 atom stereocenters. The van der Waals surface area contributed by atoms with Gasteiger partial charge in [-0.1, -0.05) is 0 Å². The van der Waals surface area contributed by atoms with E-state index >= 15 is 0 Å². The summed E-state index contributed by atoms with van der Waals surface area (Å²) < 4.78 is 0.724. The van der Waals surface area contributed by atoms with Crippen LogP contribution < -0.4 is 5.73 Å². The number of anilines is 1. The Hall–Kier alpha value is -1.56. The summed E-state index contributed by atoms with van der Waals surface area (Å²) in [7, 11) is 0. The molecule has 6 heteroatoms. The van der Waals surface area contributed by atoms with Crippen molar-refractivity contribution in [3.05, 3.63) is 28.3 Å². The quantitative estimate of drug-likeness (QED) is 0.863. The lowest BCUT2D eigenvalue weighted by atomic mass is 10.3. The Morgan fingerprint density at radius 2 is 1.94 bits per heavy atom. The molecule has 0 unspecified atom stereocenters. The van der Waals surface area contributed by atoms with Gasteiger partial charge in [-0.25, -0.2) is 19.9 Å². The monoisotopic (exact) mass is 279 g/mol. The van der Waals surface area contributed by atoms with E-state index in [1.807, 2.05) is 13.8 Å². The van der Waals surface area contributed by atoms with Crippen molar-refractivity contribution < 1.29 is 0 Å². The van der Waals surface area contributed by atoms with Crippen LogP contribution in [0.3, 0.4) is 0 Å². The number of hydrogen-bond acceptors (Lipinski definition) is 5. The van der Waals surface area contributed by atoms with E-state index in [9.17, 15) is 0 Å². The van der Waals surface area contributed by atoms with E-state index in [1.54, 1.807) is 12.3 Å². The average Bonchev–Trinajstić information content (AvgIpc) is 2.25. The third-order valence-electron chi connectivity index (χ3n) is 2.05. The van der Waals surface area contributed by atoms with Crippen LogP contribution in [0.25, 0.3) is 11.5 Å². The molecule has 0 saturated heterocycles. The highest BCUT2D eigenvalue weighted by molar-refractivity contribution is 9.10. The van der Waals surface area contributed by atoms with Crippen LogP contribution in [0.4, 0.5) is 5.82 Å². The van der Waals surface area contributed by atoms with Crippen molar-refractivity contribution in [1.29, 1.82) is 0 Å². The summed E-state index contributed by atoms with van der Waals surface area (Å²) in [5.74, 6) is 1.61. The third-order valence-corrected chi connectivity index (χ3v) is 3.03. The molecule has 0 saturated carbocycles. The fourth-order valence-corrected chi connectivity index (χ4v) is 1.45. The summed E-state index contributed by atoms with van der Waals surface area (Å²) in [5, 5.41) is 0. The number of aromatic nitrogens is 4. The van der Waals surface area contributed by atoms with Gasteiger partial charge < -0.3 is 5.73 Å². The maximum atomic E-state index is 5.76. The van der Waals surface area contributed by atoms with E-state index in [0.717, 1.165) is 10.2 Å². The van der Waals surface area contributed by atoms with Crippen LogP contribution in [0.5, 0.6) is 0 Å². The minimum atomic E-state index is 0.416. The molecule has 16 heavy (non-hydrogen) atoms. The first-order valence-electron chi connectivity index (χ1n) is 4.67. The van der Waals surface area contributed by atoms with E-state index in [4.69, 9.17) is 5.73 Å². The van der Waals surface area contributed by atoms with Crippen LogP contribution in [0.1, 0.15) is 11.5 Å². The highest BCUT2D eigenvalue weighted by Crippen LogP contribution is 2.23. The number of rotatable bonds is 1. The topological polar surface area (TPSA) is 77.6 Å². The second-order valence-electron chi connectivity index (χ2n) is 3.32. The van der Waals surface area contributed by atoms with Crippen molar-refractivity contribution in [3.8, 4) is 11.5 Å². The molecule has 2 aromatic heterocycles. The minimum Gasteiger partial charge on any atom is -0.383 e. The Kier molecular flexibility index (Phi) is 2.82. The zero-order valence-corrected chi connectivity index (χ0v) is 10.5. The first kappa shape index (κ1) is 10.9. The summed E-state index contributed by atoms with van der Waals surface area (Å²) >= 11 is 3.32. The lowest BCUT2D eigenvalue weighted by molar-refractivity contribution is 1.02. The van der Waals surface area contributed by atoms with Crippen LogP contribution in [-0.2, 0) is 0 Å². The molecule has 0 aliphatic carbocycles. The van der Waals surface area contributed by atoms with Crippen LogP contribution in [0.15, 0.2) is 16.7 Å². The van der Waals surface area contributed by atoms with Gasteiger partial charge in [0.1, 0.15) is 17.3 Å². The molecule has 0 fully saturated rings. The predicted octanol–water partition coefficient (Wildman–Crippen LogP) is 1.90. The summed E-state index contributed by atoms with van der Waals surface area (Å²) in [4.78, 5) is 16.8. The molecule has 2 rings (SSSR count). The fourth-order valence-electron chi connectivity index (χ4n) is 1.28. The minimum absolute atomic E-state index is 0.416. The molecule has 0 bridgehead atoms. The lowest BCUT2D eigenvalue weighted by Gasteiger charge is -2.05. The van der Waals surface area contributed by atoms with Crippen LogP contribution in [0, 0.1) is 13.8 Å². The number of nitrogens with two attached hydrogens (primary N) is 1. The standard InChI is InChI=1S/C10H10BrN5/c1-5-8(11)9(12)16-10(14-5)7-3-4-13-6(2)15-7/h3-4H,1-2H3,(H2,12,14,16). The summed E-state index contributed by atoms with van der Waals surface area (Å²) in [6.45, 7) is 3.68. The Bertz CT molecular complexity index is 517. The van der Waals surface area contributed by atoms with Gasteiger partial charge in [-0.05, 0) is 35.8 Å². The molecule has 82 valence electrons. The number of nitrogens with zero attached hydrogens (tertiary/aromatic N) is 4. The van der Waals surface area contributed by atoms with Crippen LogP contribution in [-0.4, -0.2) is 19.9 Å². The maximum absolute atomic E-state index is 5.76. The molecule has 0 aliphatic heterocycles. The molecule has 0 amide bonds. The van der Waals surface area contributed by atoms with Crippen molar-refractivity contribution >= 4 is 21.7 Å². The van der Waals surface area contributed by atoms with Gasteiger partial charge in [-0.15, -0.1) is 0 Å². The molecule has 0 radical (unpaired) electrons. The highest BCUT2D eigenvalue weighted by atomic mass is 79.9. The van der Waals surface area contributed by atoms with Gasteiger partial charge >= 0.3 is 0 Å². The first-order chi connectivity index (χ1) is 7.58. The second-order valence-corrected chi connectivity index (χ2v) is 4.11. The van der Waals surface area contributed by atoms with E-state index < -0.39 is 0 Å². The fraction of sp³-hybridized carbons (Fsp3) is 0.200. The van der Waals surface area contributed by atoms with Gasteiger partial charge in [0.15, 0.2) is 5.82 Å². The Morgan fingerprint density at radius 3 is 2.56 bits per heavy atom. The summed E-state index contributed by atoms with van der Waals surface area (Å²) in [6, 6.07) is 1.76. The summed E-state index contributed by atoms with van der Waals surface area (Å²) in [6.07, 6.45) is 1.68. The molecule has 2 heterocycles. The van der Waals surface area contributed by atoms with E-state index in [2.05, 4.69) is 35.9 Å². The van der Waals surface area contributed by atoms with Gasteiger partial charge in [0.05, 0.1) is 10.2 Å². The first-order valence-corrected chi connectivity index (χ1v) is 5.47. The summed E-state index contributed by atoms with van der Waals surface area (Å²) in [5.41, 5.74) is 7.22. The van der Waals surface area contributed by atoms with Crippen LogP contribution in [0.2, 0.25) is 0 Å². The van der Waals surface area contributed by atoms with E-state index in [0.29, 0.717) is 23.2 Å². The van der Waals surface area contributed by atoms with E-state index in [-0.39, 0.29) is 0 Å². The second kappa shape index (κ2) is 4.13. The van der Waals surface area contributed by atoms with Crippen molar-refractivity contribution in [2.75, 3.05) is 5.73 Å². The number of nitrogen functional groups attached to an aromatic ring is 1. The Labute approximate surface area is 101 Å². The smallest absolute Gasteiger partial charge is 0.180 e. The average molecular weight is 280 g/mol. The Morgan fingerprint density at radius 1 is 1.19 bits per heavy atom. The van der Waals surface area contributed by atoms with Crippen LogP contribution >= 0.6 is 15.9 Å². The largest absolute Gasteiger partial charge is 0.383 e. The Balaban J connectivity index is 2.57. The molecule has 2 aromatic rings. The normalized spacial score (nSPS) is 10.4.